The van der Waals surface area contributed by atoms with Gasteiger partial charge in [0.25, 0.3) is 0 Å². The molecule has 2 aromatic carbocycles. The summed E-state index contributed by atoms with van der Waals surface area (Å²) < 4.78 is 0. The summed E-state index contributed by atoms with van der Waals surface area (Å²) in [5.41, 5.74) is 8.20. The number of benzene rings is 2. The van der Waals surface area contributed by atoms with Crippen molar-refractivity contribution in [2.45, 2.75) is 6.92 Å². The Morgan fingerprint density at radius 2 is 1.73 bits per heavy atom. The lowest BCUT2D eigenvalue weighted by atomic mass is 10.1. The highest BCUT2D eigenvalue weighted by Gasteiger charge is 2.00. The normalized spacial score (nSPS) is 10.2. The van der Waals surface area contributed by atoms with Crippen LogP contribution in [0.1, 0.15) is 15.9 Å². The molecule has 0 amide bonds. The van der Waals surface area contributed by atoms with Gasteiger partial charge in [-0.15, -0.1) is 0 Å². The van der Waals surface area contributed by atoms with Gasteiger partial charge in [-0.25, -0.2) is 0 Å². The summed E-state index contributed by atoms with van der Waals surface area (Å²) in [5.74, 6) is -0.0729. The molecule has 5 heteroatoms. The second-order valence-corrected chi connectivity index (χ2v) is 5.06. The first-order valence-electron chi connectivity index (χ1n) is 6.80. The largest absolute Gasteiger partial charge is 0.331 e. The van der Waals surface area contributed by atoms with E-state index in [1.54, 1.807) is 12.1 Å². The van der Waals surface area contributed by atoms with Gasteiger partial charge in [0.1, 0.15) is 0 Å². The SMILES string of the molecule is Cc1ccc(C(=O)/C=C\NNC(=S)Nc2ccccc2)cc1. The van der Waals surface area contributed by atoms with Crippen LogP contribution in [0, 0.1) is 6.92 Å². The fourth-order valence-corrected chi connectivity index (χ4v) is 1.90. The lowest BCUT2D eigenvalue weighted by Crippen LogP contribution is -2.36. The maximum Gasteiger partial charge on any atom is 0.189 e. The molecule has 0 unspecified atom stereocenters. The molecule has 2 rings (SSSR count). The second-order valence-electron chi connectivity index (χ2n) is 4.65. The number of ketones is 1. The van der Waals surface area contributed by atoms with Crippen LogP contribution in [0.25, 0.3) is 0 Å². The van der Waals surface area contributed by atoms with E-state index in [4.69, 9.17) is 12.2 Å². The van der Waals surface area contributed by atoms with Gasteiger partial charge in [0.15, 0.2) is 10.9 Å². The van der Waals surface area contributed by atoms with Gasteiger partial charge in [-0.1, -0.05) is 48.0 Å². The van der Waals surface area contributed by atoms with Gasteiger partial charge in [-0.2, -0.15) is 0 Å². The molecular weight excluding hydrogens is 294 g/mol. The van der Waals surface area contributed by atoms with Crippen molar-refractivity contribution in [3.63, 3.8) is 0 Å². The number of carbonyl (C=O) groups excluding carboxylic acids is 1. The Morgan fingerprint density at radius 3 is 2.41 bits per heavy atom. The van der Waals surface area contributed by atoms with Crippen LogP contribution in [-0.2, 0) is 0 Å². The molecule has 112 valence electrons. The molecule has 0 heterocycles. The van der Waals surface area contributed by atoms with Gasteiger partial charge >= 0.3 is 0 Å². The predicted molar refractivity (Wildman–Crippen MR) is 93.6 cm³/mol. The molecule has 0 saturated carbocycles. The Hall–Kier alpha value is -2.66. The summed E-state index contributed by atoms with van der Waals surface area (Å²) >= 11 is 5.12. The molecule has 0 aliphatic heterocycles. The Morgan fingerprint density at radius 1 is 1.05 bits per heavy atom. The quantitative estimate of drug-likeness (QED) is 0.343. The van der Waals surface area contributed by atoms with E-state index in [2.05, 4.69) is 16.2 Å². The fourth-order valence-electron chi connectivity index (χ4n) is 1.72. The van der Waals surface area contributed by atoms with Crippen LogP contribution in [0.2, 0.25) is 0 Å². The molecule has 0 atom stereocenters. The van der Waals surface area contributed by atoms with Gasteiger partial charge < -0.3 is 10.7 Å². The highest BCUT2D eigenvalue weighted by molar-refractivity contribution is 7.80. The summed E-state index contributed by atoms with van der Waals surface area (Å²) in [6.07, 6.45) is 2.96. The van der Waals surface area contributed by atoms with Crippen LogP contribution in [-0.4, -0.2) is 10.9 Å². The number of nitrogens with one attached hydrogen (secondary N) is 3. The van der Waals surface area contributed by atoms with E-state index in [9.17, 15) is 4.79 Å². The zero-order chi connectivity index (χ0) is 15.8. The Bertz CT molecular complexity index is 666. The maximum absolute atomic E-state index is 11.9. The molecule has 0 aliphatic rings. The molecule has 3 N–H and O–H groups in total. The third-order valence-corrected chi connectivity index (χ3v) is 3.08. The van der Waals surface area contributed by atoms with E-state index in [1.807, 2.05) is 49.4 Å². The molecule has 0 radical (unpaired) electrons. The van der Waals surface area contributed by atoms with Crippen molar-refractivity contribution in [1.29, 1.82) is 0 Å². The van der Waals surface area contributed by atoms with Crippen molar-refractivity contribution < 1.29 is 4.79 Å². The summed E-state index contributed by atoms with van der Waals surface area (Å²) in [6.45, 7) is 1.98. The van der Waals surface area contributed by atoms with Crippen molar-refractivity contribution in [3.8, 4) is 0 Å². The minimum absolute atomic E-state index is 0.0729. The average molecular weight is 311 g/mol. The van der Waals surface area contributed by atoms with Crippen molar-refractivity contribution >= 4 is 28.8 Å². The standard InChI is InChI=1S/C17H17N3OS/c1-13-7-9-14(10-8-13)16(21)11-12-18-20-17(22)19-15-5-3-2-4-6-15/h2-12,18H,1H3,(H2,19,20,22)/b12-11-. The first kappa shape index (κ1) is 15.7. The Labute approximate surface area is 135 Å². The Kier molecular flexibility index (Phi) is 5.68. The van der Waals surface area contributed by atoms with Crippen molar-refractivity contribution in [3.05, 3.63) is 78.0 Å². The highest BCUT2D eigenvalue weighted by atomic mass is 32.1. The van der Waals surface area contributed by atoms with Crippen LogP contribution in [0.4, 0.5) is 5.69 Å². The third-order valence-electron chi connectivity index (χ3n) is 2.87. The van der Waals surface area contributed by atoms with Gasteiger partial charge in [-0.05, 0) is 31.3 Å². The highest BCUT2D eigenvalue weighted by Crippen LogP contribution is 2.05. The van der Waals surface area contributed by atoms with Gasteiger partial charge in [0, 0.05) is 23.5 Å². The summed E-state index contributed by atoms with van der Waals surface area (Å²) in [7, 11) is 0. The predicted octanol–water partition coefficient (Wildman–Crippen LogP) is 3.18. The number of rotatable bonds is 5. The fraction of sp³-hybridized carbons (Fsp3) is 0.0588. The summed E-state index contributed by atoms with van der Waals surface area (Å²) in [6, 6.07) is 17.0. The zero-order valence-corrected chi connectivity index (χ0v) is 13.0. The van der Waals surface area contributed by atoms with Crippen molar-refractivity contribution in [1.82, 2.24) is 10.9 Å². The van der Waals surface area contributed by atoms with Crippen molar-refractivity contribution in [2.75, 3.05) is 5.32 Å². The van der Waals surface area contributed by atoms with E-state index in [0.29, 0.717) is 10.7 Å². The summed E-state index contributed by atoms with van der Waals surface area (Å²) in [4.78, 5) is 11.9. The minimum Gasteiger partial charge on any atom is -0.331 e. The first-order valence-corrected chi connectivity index (χ1v) is 7.21. The van der Waals surface area contributed by atoms with Crippen LogP contribution >= 0.6 is 12.2 Å². The molecule has 0 aliphatic carbocycles. The molecule has 0 saturated heterocycles. The lowest BCUT2D eigenvalue weighted by molar-refractivity contribution is 0.104. The molecule has 0 fully saturated rings. The van der Waals surface area contributed by atoms with Crippen LogP contribution in [0.3, 0.4) is 0 Å². The summed E-state index contributed by atoms with van der Waals surface area (Å²) in [5, 5.41) is 3.42. The number of hydrazine groups is 1. The molecule has 0 bridgehead atoms. The number of thiocarbonyl (C=S) groups is 1. The smallest absolute Gasteiger partial charge is 0.189 e. The van der Waals surface area contributed by atoms with Gasteiger partial charge in [0.2, 0.25) is 0 Å². The van der Waals surface area contributed by atoms with Crippen molar-refractivity contribution in [2.24, 2.45) is 0 Å². The monoisotopic (exact) mass is 311 g/mol. The number of allylic oxidation sites excluding steroid dienone is 1. The van der Waals surface area contributed by atoms with Crippen LogP contribution in [0.5, 0.6) is 0 Å². The van der Waals surface area contributed by atoms with Crippen LogP contribution in [0.15, 0.2) is 66.9 Å². The molecule has 0 aromatic heterocycles. The number of carbonyl (C=O) groups is 1. The lowest BCUT2D eigenvalue weighted by Gasteiger charge is -2.09. The van der Waals surface area contributed by atoms with Gasteiger partial charge in [-0.3, -0.25) is 10.2 Å². The molecular formula is C17H17N3OS. The average Bonchev–Trinajstić information content (AvgIpc) is 2.53. The first-order chi connectivity index (χ1) is 10.6. The number of aryl methyl sites for hydroxylation is 1. The molecule has 0 spiro atoms. The molecule has 22 heavy (non-hydrogen) atoms. The van der Waals surface area contributed by atoms with E-state index in [-0.39, 0.29) is 5.78 Å². The number of anilines is 1. The Balaban J connectivity index is 1.77. The third kappa shape index (κ3) is 5.03. The topological polar surface area (TPSA) is 53.2 Å². The number of hydrogen-bond acceptors (Lipinski definition) is 3. The molecule has 4 nitrogen and oxygen atoms in total. The van der Waals surface area contributed by atoms with E-state index >= 15 is 0 Å². The maximum atomic E-state index is 11.9. The van der Waals surface area contributed by atoms with E-state index in [0.717, 1.165) is 11.3 Å². The number of para-hydroxylation sites is 1. The minimum atomic E-state index is -0.0729. The van der Waals surface area contributed by atoms with Crippen LogP contribution < -0.4 is 16.2 Å². The molecule has 2 aromatic rings. The van der Waals surface area contributed by atoms with Gasteiger partial charge in [0.05, 0.1) is 0 Å². The zero-order valence-electron chi connectivity index (χ0n) is 12.2. The van der Waals surface area contributed by atoms with E-state index < -0.39 is 0 Å². The number of hydrogen-bond donors (Lipinski definition) is 3. The second kappa shape index (κ2) is 7.95. The van der Waals surface area contributed by atoms with E-state index in [1.165, 1.54) is 12.3 Å².